The molecule has 1 saturated heterocycles. The zero-order valence-corrected chi connectivity index (χ0v) is 22.2. The molecule has 3 aromatic carbocycles. The highest BCUT2D eigenvalue weighted by atomic mass is 35.5. The van der Waals surface area contributed by atoms with Crippen LogP contribution in [0.25, 0.3) is 0 Å². The molecule has 35 heavy (non-hydrogen) atoms. The van der Waals surface area contributed by atoms with E-state index in [1.807, 2.05) is 50.2 Å². The molecule has 3 aromatic rings. The predicted octanol–water partition coefficient (Wildman–Crippen LogP) is 8.08. The number of rotatable bonds is 7. The van der Waals surface area contributed by atoms with Crippen molar-refractivity contribution >= 4 is 19.2 Å². The molecule has 1 N–H and O–H groups in total. The maximum Gasteiger partial charge on any atom is 0.368 e. The maximum absolute atomic E-state index is 13.2. The highest BCUT2D eigenvalue weighted by molar-refractivity contribution is 7.53. The van der Waals surface area contributed by atoms with E-state index in [4.69, 9.17) is 25.4 Å². The monoisotopic (exact) mass is 514 g/mol. The summed E-state index contributed by atoms with van der Waals surface area (Å²) in [4.78, 5) is 0. The number of phenolic OH excluding ortho intramolecular Hbond substituents is 1. The number of hydrogen-bond acceptors (Lipinski definition) is 5. The lowest BCUT2D eigenvalue weighted by Crippen LogP contribution is -2.17. The van der Waals surface area contributed by atoms with Crippen molar-refractivity contribution in [2.24, 2.45) is 0 Å². The summed E-state index contributed by atoms with van der Waals surface area (Å²) >= 11 is 6.11. The Morgan fingerprint density at radius 1 is 1.11 bits per heavy atom. The van der Waals surface area contributed by atoms with Crippen LogP contribution in [0.1, 0.15) is 65.7 Å². The van der Waals surface area contributed by atoms with Crippen molar-refractivity contribution < 1.29 is 23.5 Å². The van der Waals surface area contributed by atoms with Crippen molar-refractivity contribution in [1.82, 2.24) is 0 Å². The van der Waals surface area contributed by atoms with E-state index in [0.717, 1.165) is 34.2 Å². The first-order valence-electron chi connectivity index (χ1n) is 11.9. The van der Waals surface area contributed by atoms with Crippen molar-refractivity contribution in [3.63, 3.8) is 0 Å². The molecule has 0 saturated carbocycles. The van der Waals surface area contributed by atoms with Crippen molar-refractivity contribution in [2.45, 2.75) is 52.6 Å². The fraction of sp³-hybridized carbons (Fsp3) is 0.357. The number of aromatic hydroxyl groups is 1. The van der Waals surface area contributed by atoms with Gasteiger partial charge in [-0.1, -0.05) is 49.7 Å². The van der Waals surface area contributed by atoms with Crippen LogP contribution in [0.2, 0.25) is 5.02 Å². The smallest absolute Gasteiger partial charge is 0.368 e. The summed E-state index contributed by atoms with van der Waals surface area (Å²) in [5, 5.41) is 10.7. The van der Waals surface area contributed by atoms with E-state index in [0.29, 0.717) is 29.5 Å². The van der Waals surface area contributed by atoms with E-state index in [1.165, 1.54) is 5.56 Å². The first-order valence-corrected chi connectivity index (χ1v) is 14.0. The third-order valence-electron chi connectivity index (χ3n) is 6.33. The van der Waals surface area contributed by atoms with Gasteiger partial charge in [-0.15, -0.1) is 0 Å². The average molecular weight is 515 g/mol. The van der Waals surface area contributed by atoms with Gasteiger partial charge in [0.15, 0.2) is 6.35 Å². The molecule has 5 nitrogen and oxygen atoms in total. The van der Waals surface area contributed by atoms with E-state index in [-0.39, 0.29) is 18.4 Å². The Bertz CT molecular complexity index is 1230. The fourth-order valence-electron chi connectivity index (χ4n) is 4.43. The van der Waals surface area contributed by atoms with E-state index in [2.05, 4.69) is 19.9 Å². The molecule has 0 radical (unpaired) electrons. The zero-order valence-electron chi connectivity index (χ0n) is 20.6. The lowest BCUT2D eigenvalue weighted by molar-refractivity contribution is 0.0725. The number of hydrogen-bond donors (Lipinski definition) is 1. The van der Waals surface area contributed by atoms with Crippen molar-refractivity contribution in [3.05, 3.63) is 93.0 Å². The number of aryl methyl sites for hydroxylation is 2. The quantitative estimate of drug-likeness (QED) is 0.323. The van der Waals surface area contributed by atoms with Gasteiger partial charge in [0.25, 0.3) is 0 Å². The molecule has 0 amide bonds. The summed E-state index contributed by atoms with van der Waals surface area (Å²) in [5.41, 5.74) is 6.35. The summed E-state index contributed by atoms with van der Waals surface area (Å²) in [6.07, 6.45) is 0.860. The van der Waals surface area contributed by atoms with Crippen LogP contribution in [0.4, 0.5) is 0 Å². The summed E-state index contributed by atoms with van der Waals surface area (Å²) in [6.45, 7) is 8.57. The third-order valence-corrected chi connectivity index (χ3v) is 8.16. The van der Waals surface area contributed by atoms with Crippen LogP contribution >= 0.6 is 19.2 Å². The first kappa shape index (κ1) is 25.8. The first-order chi connectivity index (χ1) is 16.6. The second-order valence-corrected chi connectivity index (χ2v) is 11.8. The normalized spacial score (nSPS) is 20.2. The molecular weight excluding hydrogens is 483 g/mol. The van der Waals surface area contributed by atoms with Crippen LogP contribution in [0, 0.1) is 13.8 Å². The molecule has 2 atom stereocenters. The topological polar surface area (TPSA) is 65.0 Å². The lowest BCUT2D eigenvalue weighted by atomic mass is 9.93. The Balaban J connectivity index is 1.45. The second-order valence-electron chi connectivity index (χ2n) is 9.42. The second kappa shape index (κ2) is 10.8. The SMILES string of the molecule is Cc1cc(OC[P@@]2(=O)OCCC(c3cccc(Cl)c3)O2)cc(C)c1Cc1ccc(O)c(C(C)C)c1. The molecule has 1 heterocycles. The van der Waals surface area contributed by atoms with Crippen LogP contribution in [0.3, 0.4) is 0 Å². The number of phenols is 1. The summed E-state index contributed by atoms with van der Waals surface area (Å²) in [6, 6.07) is 17.1. The average Bonchev–Trinajstić information content (AvgIpc) is 2.81. The van der Waals surface area contributed by atoms with Crippen LogP contribution in [-0.4, -0.2) is 18.1 Å². The lowest BCUT2D eigenvalue weighted by Gasteiger charge is -2.30. The predicted molar refractivity (Wildman–Crippen MR) is 140 cm³/mol. The van der Waals surface area contributed by atoms with Crippen molar-refractivity contribution in [3.8, 4) is 11.5 Å². The number of halogens is 1. The Kier molecular flexibility index (Phi) is 7.92. The van der Waals surface area contributed by atoms with Gasteiger partial charge in [0.2, 0.25) is 0 Å². The fourth-order valence-corrected chi connectivity index (χ4v) is 6.13. The number of ether oxygens (including phenoxy) is 1. The molecule has 1 aliphatic rings. The molecule has 1 fully saturated rings. The summed E-state index contributed by atoms with van der Waals surface area (Å²) in [5.74, 6) is 1.21. The Morgan fingerprint density at radius 3 is 2.54 bits per heavy atom. The van der Waals surface area contributed by atoms with Gasteiger partial charge >= 0.3 is 7.60 Å². The minimum Gasteiger partial charge on any atom is -0.508 e. The van der Waals surface area contributed by atoms with Crippen LogP contribution in [-0.2, 0) is 20.0 Å². The zero-order chi connectivity index (χ0) is 25.2. The molecule has 4 rings (SSSR count). The van der Waals surface area contributed by atoms with Crippen LogP contribution in [0.15, 0.2) is 54.6 Å². The molecule has 1 aliphatic heterocycles. The molecule has 0 spiro atoms. The molecular formula is C28H32ClO5P. The Morgan fingerprint density at radius 2 is 1.86 bits per heavy atom. The van der Waals surface area contributed by atoms with Gasteiger partial charge in [0.1, 0.15) is 11.5 Å². The minimum atomic E-state index is -3.42. The molecule has 1 unspecified atom stereocenters. The highest BCUT2D eigenvalue weighted by Gasteiger charge is 2.35. The molecule has 0 aromatic heterocycles. The van der Waals surface area contributed by atoms with Gasteiger partial charge in [-0.2, -0.15) is 0 Å². The Labute approximate surface area is 212 Å². The largest absolute Gasteiger partial charge is 0.508 e. The van der Waals surface area contributed by atoms with E-state index in [9.17, 15) is 9.67 Å². The van der Waals surface area contributed by atoms with E-state index in [1.54, 1.807) is 12.1 Å². The van der Waals surface area contributed by atoms with Crippen LogP contribution in [0.5, 0.6) is 11.5 Å². The molecule has 0 aliphatic carbocycles. The van der Waals surface area contributed by atoms with Gasteiger partial charge in [0.05, 0.1) is 12.7 Å². The van der Waals surface area contributed by atoms with Gasteiger partial charge in [-0.3, -0.25) is 9.09 Å². The van der Waals surface area contributed by atoms with Crippen molar-refractivity contribution in [2.75, 3.05) is 13.0 Å². The van der Waals surface area contributed by atoms with Crippen molar-refractivity contribution in [1.29, 1.82) is 0 Å². The molecule has 186 valence electrons. The van der Waals surface area contributed by atoms with E-state index >= 15 is 0 Å². The Hall–Kier alpha value is -2.30. The third kappa shape index (κ3) is 6.29. The highest BCUT2D eigenvalue weighted by Crippen LogP contribution is 2.56. The molecule has 7 heteroatoms. The van der Waals surface area contributed by atoms with Gasteiger partial charge in [-0.05, 0) is 89.9 Å². The maximum atomic E-state index is 13.2. The molecule has 0 bridgehead atoms. The van der Waals surface area contributed by atoms with Gasteiger partial charge in [-0.25, -0.2) is 0 Å². The number of benzene rings is 3. The standard InChI is InChI=1S/C28H32ClO5P/c1-18(2)25-14-21(8-9-27(25)30)15-26-19(3)12-24(13-20(26)4)32-17-35(31)33-11-10-28(34-35)22-6-5-7-23(29)16-22/h5-9,12-14,16,18,28,30H,10-11,15,17H2,1-4H3/t28?,35-/m1/s1. The summed E-state index contributed by atoms with van der Waals surface area (Å²) in [7, 11) is -3.42. The van der Waals surface area contributed by atoms with Gasteiger partial charge < -0.3 is 14.4 Å². The minimum absolute atomic E-state index is 0.155. The summed E-state index contributed by atoms with van der Waals surface area (Å²) < 4.78 is 30.6. The van der Waals surface area contributed by atoms with E-state index < -0.39 is 7.60 Å². The van der Waals surface area contributed by atoms with Gasteiger partial charge in [0, 0.05) is 11.4 Å². The van der Waals surface area contributed by atoms with Crippen LogP contribution < -0.4 is 4.74 Å².